The average molecular weight is 236 g/mol. The second-order valence-corrected chi connectivity index (χ2v) is 4.10. The van der Waals surface area contributed by atoms with Crippen LogP contribution < -0.4 is 10.5 Å². The van der Waals surface area contributed by atoms with Crippen molar-refractivity contribution in [3.05, 3.63) is 12.4 Å². The molecule has 0 spiro atoms. The zero-order valence-electron chi connectivity index (χ0n) is 9.80. The molecular weight excluding hydrogens is 220 g/mol. The molecule has 0 aliphatic carbocycles. The third kappa shape index (κ3) is 3.05. The Morgan fingerprint density at radius 1 is 1.47 bits per heavy atom. The Hall–Kier alpha value is -1.85. The van der Waals surface area contributed by atoms with Gasteiger partial charge in [0.05, 0.1) is 0 Å². The Bertz CT molecular complexity index is 402. The highest BCUT2D eigenvalue weighted by Gasteiger charge is 2.22. The molecule has 2 N–H and O–H groups in total. The third-order valence-corrected chi connectivity index (χ3v) is 2.84. The molecule has 0 aromatic carbocycles. The Kier molecular flexibility index (Phi) is 3.41. The zero-order valence-corrected chi connectivity index (χ0v) is 9.80. The van der Waals surface area contributed by atoms with E-state index >= 15 is 0 Å². The summed E-state index contributed by atoms with van der Waals surface area (Å²) in [5.74, 6) is 1.02. The molecule has 92 valence electrons. The normalized spacial score (nSPS) is 16.9. The Balaban J connectivity index is 1.88. The number of nitrogens with two attached hydrogens (primary N) is 1. The van der Waals surface area contributed by atoms with Crippen molar-refractivity contribution in [1.82, 2.24) is 14.9 Å². The second kappa shape index (κ2) is 4.99. The third-order valence-electron chi connectivity index (χ3n) is 2.84. The predicted molar refractivity (Wildman–Crippen MR) is 62.3 cm³/mol. The van der Waals surface area contributed by atoms with Crippen molar-refractivity contribution in [1.29, 1.82) is 0 Å². The van der Waals surface area contributed by atoms with Crippen LogP contribution in [-0.4, -0.2) is 40.0 Å². The van der Waals surface area contributed by atoms with Crippen LogP contribution in [0.4, 0.5) is 5.82 Å². The highest BCUT2D eigenvalue weighted by molar-refractivity contribution is 5.73. The van der Waals surface area contributed by atoms with E-state index in [0.29, 0.717) is 11.7 Å². The topological polar surface area (TPSA) is 81.3 Å². The number of aromatic nitrogens is 2. The van der Waals surface area contributed by atoms with Gasteiger partial charge in [-0.3, -0.25) is 4.79 Å². The van der Waals surface area contributed by atoms with Gasteiger partial charge in [-0.1, -0.05) is 0 Å². The number of amides is 1. The highest BCUT2D eigenvalue weighted by Crippen LogP contribution is 2.17. The summed E-state index contributed by atoms with van der Waals surface area (Å²) in [5.41, 5.74) is 5.54. The van der Waals surface area contributed by atoms with Crippen LogP contribution in [0.15, 0.2) is 12.4 Å². The first-order chi connectivity index (χ1) is 8.15. The Morgan fingerprint density at radius 3 is 2.76 bits per heavy atom. The van der Waals surface area contributed by atoms with Crippen LogP contribution in [0.1, 0.15) is 19.8 Å². The van der Waals surface area contributed by atoms with E-state index in [9.17, 15) is 4.79 Å². The molecule has 2 heterocycles. The van der Waals surface area contributed by atoms with Gasteiger partial charge >= 0.3 is 0 Å². The zero-order chi connectivity index (χ0) is 12.3. The highest BCUT2D eigenvalue weighted by atomic mass is 16.5. The largest absolute Gasteiger partial charge is 0.474 e. The van der Waals surface area contributed by atoms with Crippen LogP contribution >= 0.6 is 0 Å². The number of likely N-dealkylation sites (tertiary alicyclic amines) is 1. The molecule has 0 saturated carbocycles. The lowest BCUT2D eigenvalue weighted by Crippen LogP contribution is -2.40. The lowest BCUT2D eigenvalue weighted by Gasteiger charge is -2.31. The smallest absolute Gasteiger partial charge is 0.219 e. The molecule has 1 aliphatic rings. The van der Waals surface area contributed by atoms with E-state index in [-0.39, 0.29) is 12.0 Å². The maximum atomic E-state index is 11.2. The SMILES string of the molecule is CC(=O)N1CCC(Oc2cc(N)ncn2)CC1. The standard InChI is InChI=1S/C11H16N4O2/c1-8(16)15-4-2-9(3-5-15)17-11-6-10(12)13-7-14-11/h6-7,9H,2-5H2,1H3,(H2,12,13,14). The van der Waals surface area contributed by atoms with Crippen molar-refractivity contribution in [2.45, 2.75) is 25.9 Å². The second-order valence-electron chi connectivity index (χ2n) is 4.10. The molecule has 6 nitrogen and oxygen atoms in total. The van der Waals surface area contributed by atoms with Gasteiger partial charge in [0, 0.05) is 38.9 Å². The van der Waals surface area contributed by atoms with E-state index in [1.54, 1.807) is 13.0 Å². The Labute approximate surface area is 99.8 Å². The fourth-order valence-corrected chi connectivity index (χ4v) is 1.88. The van der Waals surface area contributed by atoms with Gasteiger partial charge in [-0.15, -0.1) is 0 Å². The molecular formula is C11H16N4O2. The van der Waals surface area contributed by atoms with Crippen molar-refractivity contribution in [3.63, 3.8) is 0 Å². The van der Waals surface area contributed by atoms with Gasteiger partial charge in [0.25, 0.3) is 0 Å². The number of hydrogen-bond acceptors (Lipinski definition) is 5. The minimum Gasteiger partial charge on any atom is -0.474 e. The lowest BCUT2D eigenvalue weighted by atomic mass is 10.1. The van der Waals surface area contributed by atoms with Gasteiger partial charge in [-0.25, -0.2) is 9.97 Å². The summed E-state index contributed by atoms with van der Waals surface area (Å²) >= 11 is 0. The summed E-state index contributed by atoms with van der Waals surface area (Å²) in [5, 5.41) is 0. The minimum atomic E-state index is 0.0971. The molecule has 1 saturated heterocycles. The van der Waals surface area contributed by atoms with Gasteiger partial charge in [0.2, 0.25) is 11.8 Å². The van der Waals surface area contributed by atoms with E-state index in [0.717, 1.165) is 25.9 Å². The van der Waals surface area contributed by atoms with Crippen molar-refractivity contribution >= 4 is 11.7 Å². The van der Waals surface area contributed by atoms with Crippen LogP contribution in [0.2, 0.25) is 0 Å². The van der Waals surface area contributed by atoms with Crippen LogP contribution in [0.25, 0.3) is 0 Å². The summed E-state index contributed by atoms with van der Waals surface area (Å²) in [6.07, 6.45) is 3.13. The number of ether oxygens (including phenoxy) is 1. The maximum Gasteiger partial charge on any atom is 0.219 e. The van der Waals surface area contributed by atoms with E-state index in [4.69, 9.17) is 10.5 Å². The summed E-state index contributed by atoms with van der Waals surface area (Å²) in [7, 11) is 0. The molecule has 0 bridgehead atoms. The summed E-state index contributed by atoms with van der Waals surface area (Å²) in [6.45, 7) is 3.06. The molecule has 0 radical (unpaired) electrons. The van der Waals surface area contributed by atoms with Crippen molar-refractivity contribution in [2.24, 2.45) is 0 Å². The monoisotopic (exact) mass is 236 g/mol. The van der Waals surface area contributed by atoms with Gasteiger partial charge in [-0.2, -0.15) is 0 Å². The van der Waals surface area contributed by atoms with Crippen LogP contribution in [0.5, 0.6) is 5.88 Å². The maximum absolute atomic E-state index is 11.2. The molecule has 1 aromatic heterocycles. The quantitative estimate of drug-likeness (QED) is 0.806. The number of hydrogen-bond donors (Lipinski definition) is 1. The fraction of sp³-hybridized carbons (Fsp3) is 0.545. The molecule has 17 heavy (non-hydrogen) atoms. The Morgan fingerprint density at radius 2 is 2.18 bits per heavy atom. The number of nitrogens with zero attached hydrogens (tertiary/aromatic N) is 3. The first-order valence-electron chi connectivity index (χ1n) is 5.65. The first-order valence-corrected chi connectivity index (χ1v) is 5.65. The van der Waals surface area contributed by atoms with Crippen LogP contribution in [-0.2, 0) is 4.79 Å². The number of carbonyl (C=O) groups is 1. The lowest BCUT2D eigenvalue weighted by molar-refractivity contribution is -0.130. The van der Waals surface area contributed by atoms with Crippen molar-refractivity contribution in [2.75, 3.05) is 18.8 Å². The van der Waals surface area contributed by atoms with Crippen LogP contribution in [0, 0.1) is 0 Å². The number of rotatable bonds is 2. The van der Waals surface area contributed by atoms with Crippen molar-refractivity contribution < 1.29 is 9.53 Å². The average Bonchev–Trinajstić information content (AvgIpc) is 2.29. The number of nitrogen functional groups attached to an aromatic ring is 1. The van der Waals surface area contributed by atoms with Gasteiger partial charge < -0.3 is 15.4 Å². The van der Waals surface area contributed by atoms with Crippen molar-refractivity contribution in [3.8, 4) is 5.88 Å². The number of piperidine rings is 1. The van der Waals surface area contributed by atoms with Gasteiger partial charge in [0.15, 0.2) is 0 Å². The van der Waals surface area contributed by atoms with E-state index in [1.807, 2.05) is 4.90 Å². The molecule has 0 atom stereocenters. The van der Waals surface area contributed by atoms with E-state index < -0.39 is 0 Å². The molecule has 1 amide bonds. The first kappa shape index (κ1) is 11.6. The fourth-order valence-electron chi connectivity index (χ4n) is 1.88. The molecule has 0 unspecified atom stereocenters. The van der Waals surface area contributed by atoms with Gasteiger partial charge in [0.1, 0.15) is 18.2 Å². The molecule has 1 fully saturated rings. The van der Waals surface area contributed by atoms with E-state index in [1.165, 1.54) is 6.33 Å². The van der Waals surface area contributed by atoms with Gasteiger partial charge in [-0.05, 0) is 0 Å². The molecule has 1 aliphatic heterocycles. The molecule has 2 rings (SSSR count). The molecule has 6 heteroatoms. The number of carbonyl (C=O) groups excluding carboxylic acids is 1. The summed E-state index contributed by atoms with van der Waals surface area (Å²) < 4.78 is 5.70. The summed E-state index contributed by atoms with van der Waals surface area (Å²) in [6, 6.07) is 1.61. The van der Waals surface area contributed by atoms with Crippen LogP contribution in [0.3, 0.4) is 0 Å². The summed E-state index contributed by atoms with van der Waals surface area (Å²) in [4.78, 5) is 20.8. The predicted octanol–water partition coefficient (Wildman–Crippen LogP) is 0.448. The molecule has 1 aromatic rings. The van der Waals surface area contributed by atoms with E-state index in [2.05, 4.69) is 9.97 Å². The number of anilines is 1. The minimum absolute atomic E-state index is 0.0971.